The molecule has 1 N–H and O–H groups in total. The van der Waals surface area contributed by atoms with Gasteiger partial charge in [-0.25, -0.2) is 0 Å². The highest BCUT2D eigenvalue weighted by atomic mass is 14.8. The molecule has 0 aliphatic heterocycles. The van der Waals surface area contributed by atoms with Gasteiger partial charge in [0.15, 0.2) is 0 Å². The minimum atomic E-state index is 0.715. The minimum absolute atomic E-state index is 0.715. The van der Waals surface area contributed by atoms with E-state index >= 15 is 0 Å². The van der Waals surface area contributed by atoms with Crippen molar-refractivity contribution in [3.63, 3.8) is 0 Å². The van der Waals surface area contributed by atoms with Crippen LogP contribution < -0.4 is 5.32 Å². The Morgan fingerprint density at radius 3 is 2.58 bits per heavy atom. The Morgan fingerprint density at radius 1 is 1.42 bits per heavy atom. The summed E-state index contributed by atoms with van der Waals surface area (Å²) >= 11 is 0. The molecule has 0 radical (unpaired) electrons. The zero-order chi connectivity index (χ0) is 9.40. The zero-order valence-corrected chi connectivity index (χ0v) is 8.82. The molecule has 1 nitrogen and oxygen atoms in total. The van der Waals surface area contributed by atoms with E-state index in [-0.39, 0.29) is 0 Å². The van der Waals surface area contributed by atoms with Gasteiger partial charge in [-0.15, -0.1) is 0 Å². The highest BCUT2D eigenvalue weighted by molar-refractivity contribution is 4.97. The first kappa shape index (κ1) is 11.7. The summed E-state index contributed by atoms with van der Waals surface area (Å²) in [7, 11) is 2.01. The summed E-state index contributed by atoms with van der Waals surface area (Å²) in [6, 6.07) is 0. The third-order valence-electron chi connectivity index (χ3n) is 2.46. The average molecular weight is 169 g/mol. The number of allylic oxidation sites excluding steroid dienone is 1. The molecule has 0 saturated heterocycles. The molecule has 0 rings (SSSR count). The van der Waals surface area contributed by atoms with Gasteiger partial charge in [0.25, 0.3) is 0 Å². The summed E-state index contributed by atoms with van der Waals surface area (Å²) < 4.78 is 0. The second-order valence-electron chi connectivity index (χ2n) is 3.51. The predicted octanol–water partition coefficient (Wildman–Crippen LogP) is 2.98. The summed E-state index contributed by atoms with van der Waals surface area (Å²) in [5.41, 5.74) is 1.40. The van der Waals surface area contributed by atoms with Crippen LogP contribution in [0.4, 0.5) is 0 Å². The van der Waals surface area contributed by atoms with Gasteiger partial charge in [0.05, 0.1) is 0 Å². The fourth-order valence-corrected chi connectivity index (χ4v) is 1.30. The van der Waals surface area contributed by atoms with Gasteiger partial charge < -0.3 is 5.32 Å². The fraction of sp³-hybridized carbons (Fsp3) is 0.818. The third-order valence-corrected chi connectivity index (χ3v) is 2.46. The molecule has 1 heteroatoms. The molecular weight excluding hydrogens is 146 g/mol. The quantitative estimate of drug-likeness (QED) is 0.456. The number of unbranched alkanes of at least 4 members (excludes halogenated alkanes) is 1. The predicted molar refractivity (Wildman–Crippen MR) is 56.4 cm³/mol. The lowest BCUT2D eigenvalue weighted by Crippen LogP contribution is -2.08. The summed E-state index contributed by atoms with van der Waals surface area (Å²) in [5, 5.41) is 3.16. The second kappa shape index (κ2) is 7.35. The molecule has 0 amide bonds. The zero-order valence-electron chi connectivity index (χ0n) is 8.82. The molecule has 72 valence electrons. The standard InChI is InChI=1S/C11H23N/c1-5-10(2)11(3)8-6-7-9-12-4/h11-12H,2,5-9H2,1,3-4H3. The van der Waals surface area contributed by atoms with Gasteiger partial charge >= 0.3 is 0 Å². The summed E-state index contributed by atoms with van der Waals surface area (Å²) in [4.78, 5) is 0. The number of rotatable bonds is 7. The van der Waals surface area contributed by atoms with E-state index in [9.17, 15) is 0 Å². The molecule has 0 spiro atoms. The van der Waals surface area contributed by atoms with E-state index < -0.39 is 0 Å². The Morgan fingerprint density at radius 2 is 2.08 bits per heavy atom. The maximum absolute atomic E-state index is 4.06. The molecule has 0 aromatic carbocycles. The molecule has 0 aromatic heterocycles. The van der Waals surface area contributed by atoms with Crippen molar-refractivity contribution in [3.8, 4) is 0 Å². The van der Waals surface area contributed by atoms with Crippen molar-refractivity contribution in [2.45, 2.75) is 39.5 Å². The van der Waals surface area contributed by atoms with Crippen molar-refractivity contribution in [2.75, 3.05) is 13.6 Å². The maximum Gasteiger partial charge on any atom is -0.00519 e. The Bertz CT molecular complexity index is 118. The van der Waals surface area contributed by atoms with Gasteiger partial charge in [0.2, 0.25) is 0 Å². The molecule has 0 aromatic rings. The largest absolute Gasteiger partial charge is 0.320 e. The van der Waals surface area contributed by atoms with Crippen LogP contribution in [0.2, 0.25) is 0 Å². The SMILES string of the molecule is C=C(CC)C(C)CCCCNC. The van der Waals surface area contributed by atoms with Gasteiger partial charge in [-0.3, -0.25) is 0 Å². The van der Waals surface area contributed by atoms with Gasteiger partial charge in [0, 0.05) is 0 Å². The van der Waals surface area contributed by atoms with Crippen LogP contribution in [0.1, 0.15) is 39.5 Å². The van der Waals surface area contributed by atoms with Crippen LogP contribution in [0.5, 0.6) is 0 Å². The highest BCUT2D eigenvalue weighted by Gasteiger charge is 2.03. The van der Waals surface area contributed by atoms with Crippen molar-refractivity contribution in [1.82, 2.24) is 5.32 Å². The lowest BCUT2D eigenvalue weighted by atomic mass is 9.95. The first-order valence-electron chi connectivity index (χ1n) is 5.04. The summed E-state index contributed by atoms with van der Waals surface area (Å²) in [6.45, 7) is 9.67. The summed E-state index contributed by atoms with van der Waals surface area (Å²) in [5.74, 6) is 0.715. The van der Waals surface area contributed by atoms with Crippen LogP contribution in [0.15, 0.2) is 12.2 Å². The van der Waals surface area contributed by atoms with Gasteiger partial charge in [-0.1, -0.05) is 32.4 Å². The van der Waals surface area contributed by atoms with E-state index in [0.29, 0.717) is 5.92 Å². The number of hydrogen-bond acceptors (Lipinski definition) is 1. The van der Waals surface area contributed by atoms with Crippen LogP contribution in [-0.4, -0.2) is 13.6 Å². The van der Waals surface area contributed by atoms with Crippen molar-refractivity contribution in [3.05, 3.63) is 12.2 Å². The Balaban J connectivity index is 3.31. The van der Waals surface area contributed by atoms with Gasteiger partial charge in [-0.2, -0.15) is 0 Å². The molecule has 0 aliphatic rings. The number of hydrogen-bond donors (Lipinski definition) is 1. The van der Waals surface area contributed by atoms with E-state index in [1.165, 1.54) is 24.8 Å². The molecule has 0 aliphatic carbocycles. The monoisotopic (exact) mass is 169 g/mol. The second-order valence-corrected chi connectivity index (χ2v) is 3.51. The third kappa shape index (κ3) is 5.36. The van der Waals surface area contributed by atoms with E-state index in [1.807, 2.05) is 7.05 Å². The van der Waals surface area contributed by atoms with Crippen LogP contribution >= 0.6 is 0 Å². The van der Waals surface area contributed by atoms with E-state index in [2.05, 4.69) is 25.7 Å². The van der Waals surface area contributed by atoms with Crippen molar-refractivity contribution < 1.29 is 0 Å². The first-order chi connectivity index (χ1) is 5.72. The maximum atomic E-state index is 4.06. The van der Waals surface area contributed by atoms with E-state index in [1.54, 1.807) is 0 Å². The Labute approximate surface area is 77.2 Å². The van der Waals surface area contributed by atoms with Crippen LogP contribution in [0, 0.1) is 5.92 Å². The molecule has 0 bridgehead atoms. The molecular formula is C11H23N. The first-order valence-corrected chi connectivity index (χ1v) is 5.04. The van der Waals surface area contributed by atoms with Crippen molar-refractivity contribution in [2.24, 2.45) is 5.92 Å². The number of nitrogens with one attached hydrogen (secondary N) is 1. The fourth-order valence-electron chi connectivity index (χ4n) is 1.30. The topological polar surface area (TPSA) is 12.0 Å². The Kier molecular flexibility index (Phi) is 7.17. The van der Waals surface area contributed by atoms with E-state index in [0.717, 1.165) is 13.0 Å². The average Bonchev–Trinajstić information content (AvgIpc) is 2.10. The Hall–Kier alpha value is -0.300. The molecule has 0 fully saturated rings. The van der Waals surface area contributed by atoms with Gasteiger partial charge in [0.1, 0.15) is 0 Å². The lowest BCUT2D eigenvalue weighted by Gasteiger charge is -2.12. The minimum Gasteiger partial charge on any atom is -0.320 e. The normalized spacial score (nSPS) is 12.9. The molecule has 1 atom stereocenters. The van der Waals surface area contributed by atoms with Crippen molar-refractivity contribution in [1.29, 1.82) is 0 Å². The molecule has 0 heterocycles. The van der Waals surface area contributed by atoms with E-state index in [4.69, 9.17) is 0 Å². The molecule has 12 heavy (non-hydrogen) atoms. The van der Waals surface area contributed by atoms with Crippen LogP contribution in [-0.2, 0) is 0 Å². The van der Waals surface area contributed by atoms with Crippen molar-refractivity contribution >= 4 is 0 Å². The summed E-state index contributed by atoms with van der Waals surface area (Å²) in [6.07, 6.45) is 5.04. The lowest BCUT2D eigenvalue weighted by molar-refractivity contribution is 0.540. The molecule has 1 unspecified atom stereocenters. The van der Waals surface area contributed by atoms with Crippen LogP contribution in [0.3, 0.4) is 0 Å². The molecule has 0 saturated carbocycles. The smallest absolute Gasteiger partial charge is 0.00519 e. The van der Waals surface area contributed by atoms with Crippen LogP contribution in [0.25, 0.3) is 0 Å². The highest BCUT2D eigenvalue weighted by Crippen LogP contribution is 2.17. The van der Waals surface area contributed by atoms with Gasteiger partial charge in [-0.05, 0) is 38.8 Å².